The molecule has 1 aliphatic rings. The molecule has 20 heavy (non-hydrogen) atoms. The van der Waals surface area contributed by atoms with E-state index in [-0.39, 0.29) is 11.6 Å². The molecule has 1 N–H and O–H groups in total. The van der Waals surface area contributed by atoms with E-state index in [2.05, 4.69) is 0 Å². The Balaban J connectivity index is 2.22. The zero-order chi connectivity index (χ0) is 14.9. The second kappa shape index (κ2) is 5.83. The summed E-state index contributed by atoms with van der Waals surface area (Å²) in [5.41, 5.74) is -0.209. The third kappa shape index (κ3) is 2.95. The molecule has 0 aliphatic carbocycles. The average molecular weight is 287 g/mol. The molecule has 1 amide bonds. The summed E-state index contributed by atoms with van der Waals surface area (Å²) in [5.74, 6) is -4.87. The first-order valence-corrected chi connectivity index (χ1v) is 6.53. The van der Waals surface area contributed by atoms with Gasteiger partial charge in [0.05, 0.1) is 6.10 Å². The van der Waals surface area contributed by atoms with Gasteiger partial charge in [-0.3, -0.25) is 4.79 Å². The van der Waals surface area contributed by atoms with Crippen molar-refractivity contribution in [1.29, 1.82) is 0 Å². The Morgan fingerprint density at radius 1 is 1.40 bits per heavy atom. The van der Waals surface area contributed by atoms with Crippen molar-refractivity contribution in [1.82, 2.24) is 4.90 Å². The molecular formula is C14H16F3NO2. The first-order valence-electron chi connectivity index (χ1n) is 6.53. The van der Waals surface area contributed by atoms with Crippen LogP contribution >= 0.6 is 0 Å². The normalized spacial score (nSPS) is 20.2. The summed E-state index contributed by atoms with van der Waals surface area (Å²) in [6.07, 6.45) is 1.37. The van der Waals surface area contributed by atoms with Crippen LogP contribution in [0.1, 0.15) is 36.5 Å². The van der Waals surface area contributed by atoms with Crippen LogP contribution in [0.2, 0.25) is 0 Å². The number of aliphatic hydroxyl groups is 1. The fraction of sp³-hybridized carbons (Fsp3) is 0.500. The highest BCUT2D eigenvalue weighted by Crippen LogP contribution is 2.24. The van der Waals surface area contributed by atoms with Crippen LogP contribution in [-0.2, 0) is 0 Å². The van der Waals surface area contributed by atoms with Crippen molar-refractivity contribution in [3.8, 4) is 0 Å². The first-order chi connectivity index (χ1) is 9.40. The molecule has 1 saturated heterocycles. The lowest BCUT2D eigenvalue weighted by Gasteiger charge is -2.25. The molecule has 2 atom stereocenters. The molecule has 1 aromatic carbocycles. The van der Waals surface area contributed by atoms with Gasteiger partial charge in [0.15, 0.2) is 17.5 Å². The highest BCUT2D eigenvalue weighted by atomic mass is 19.2. The van der Waals surface area contributed by atoms with E-state index in [1.54, 1.807) is 6.92 Å². The highest BCUT2D eigenvalue weighted by Gasteiger charge is 2.31. The molecule has 2 rings (SSSR count). The fourth-order valence-corrected chi connectivity index (χ4v) is 2.59. The molecule has 1 aromatic rings. The van der Waals surface area contributed by atoms with E-state index in [4.69, 9.17) is 0 Å². The third-order valence-corrected chi connectivity index (χ3v) is 3.48. The number of hydrogen-bond donors (Lipinski definition) is 1. The summed E-state index contributed by atoms with van der Waals surface area (Å²) in [6, 6.07) is 1.26. The van der Waals surface area contributed by atoms with Crippen LogP contribution in [0.3, 0.4) is 0 Å². The molecule has 0 spiro atoms. The van der Waals surface area contributed by atoms with Crippen molar-refractivity contribution in [2.24, 2.45) is 0 Å². The Morgan fingerprint density at radius 3 is 2.55 bits per heavy atom. The quantitative estimate of drug-likeness (QED) is 0.868. The lowest BCUT2D eigenvalue weighted by molar-refractivity contribution is 0.0681. The Kier molecular flexibility index (Phi) is 4.32. The van der Waals surface area contributed by atoms with Gasteiger partial charge in [-0.1, -0.05) is 0 Å². The summed E-state index contributed by atoms with van der Waals surface area (Å²) in [5, 5.41) is 9.40. The van der Waals surface area contributed by atoms with Crippen LogP contribution in [-0.4, -0.2) is 34.6 Å². The van der Waals surface area contributed by atoms with E-state index >= 15 is 0 Å². The van der Waals surface area contributed by atoms with E-state index < -0.39 is 29.5 Å². The SMILES string of the molecule is CC(O)CC1CCCN1C(=O)c1cc(F)c(F)c(F)c1. The van der Waals surface area contributed by atoms with Crippen molar-refractivity contribution < 1.29 is 23.1 Å². The summed E-state index contributed by atoms with van der Waals surface area (Å²) in [4.78, 5) is 13.7. The number of carbonyl (C=O) groups is 1. The van der Waals surface area contributed by atoms with Gasteiger partial charge in [0, 0.05) is 18.2 Å². The summed E-state index contributed by atoms with van der Waals surface area (Å²) >= 11 is 0. The number of amides is 1. The van der Waals surface area contributed by atoms with Gasteiger partial charge in [0.1, 0.15) is 0 Å². The zero-order valence-electron chi connectivity index (χ0n) is 11.1. The van der Waals surface area contributed by atoms with Crippen molar-refractivity contribution in [2.75, 3.05) is 6.54 Å². The van der Waals surface area contributed by atoms with E-state index in [9.17, 15) is 23.1 Å². The van der Waals surface area contributed by atoms with Crippen LogP contribution in [0.5, 0.6) is 0 Å². The number of halogens is 3. The molecule has 3 nitrogen and oxygen atoms in total. The monoisotopic (exact) mass is 287 g/mol. The second-order valence-corrected chi connectivity index (χ2v) is 5.13. The van der Waals surface area contributed by atoms with Crippen molar-refractivity contribution in [3.05, 3.63) is 35.1 Å². The first kappa shape index (κ1) is 14.8. The molecule has 0 radical (unpaired) electrons. The molecule has 6 heteroatoms. The number of aliphatic hydroxyl groups excluding tert-OH is 1. The minimum absolute atomic E-state index is 0.154. The zero-order valence-corrected chi connectivity index (χ0v) is 11.1. The molecule has 2 unspecified atom stereocenters. The van der Waals surface area contributed by atoms with Crippen LogP contribution in [0.25, 0.3) is 0 Å². The van der Waals surface area contributed by atoms with Crippen molar-refractivity contribution in [2.45, 2.75) is 38.3 Å². The lowest BCUT2D eigenvalue weighted by atomic mass is 10.1. The summed E-state index contributed by atoms with van der Waals surface area (Å²) in [6.45, 7) is 2.09. The standard InChI is InChI=1S/C14H16F3NO2/c1-8(19)5-10-3-2-4-18(10)14(20)9-6-11(15)13(17)12(16)7-9/h6-8,10,19H,2-5H2,1H3. The second-order valence-electron chi connectivity index (χ2n) is 5.13. The fourth-order valence-electron chi connectivity index (χ4n) is 2.59. The van der Waals surface area contributed by atoms with E-state index in [1.807, 2.05) is 0 Å². The maximum Gasteiger partial charge on any atom is 0.254 e. The van der Waals surface area contributed by atoms with Crippen molar-refractivity contribution >= 4 is 5.91 Å². The van der Waals surface area contributed by atoms with E-state index in [1.165, 1.54) is 4.90 Å². The Hall–Kier alpha value is -1.56. The van der Waals surface area contributed by atoms with Gasteiger partial charge in [0.2, 0.25) is 0 Å². The van der Waals surface area contributed by atoms with Gasteiger partial charge in [-0.05, 0) is 38.3 Å². The van der Waals surface area contributed by atoms with Crippen LogP contribution < -0.4 is 0 Å². The maximum absolute atomic E-state index is 13.2. The number of likely N-dealkylation sites (tertiary alicyclic amines) is 1. The number of benzene rings is 1. The predicted octanol–water partition coefficient (Wildman–Crippen LogP) is 2.48. The minimum Gasteiger partial charge on any atom is -0.393 e. The minimum atomic E-state index is -1.58. The van der Waals surface area contributed by atoms with Gasteiger partial charge in [0.25, 0.3) is 5.91 Å². The molecule has 0 bridgehead atoms. The largest absolute Gasteiger partial charge is 0.393 e. The van der Waals surface area contributed by atoms with E-state index in [0.717, 1.165) is 12.8 Å². The average Bonchev–Trinajstić information content (AvgIpc) is 2.81. The Labute approximate surface area is 115 Å². The molecule has 0 saturated carbocycles. The van der Waals surface area contributed by atoms with Gasteiger partial charge in [-0.25, -0.2) is 13.2 Å². The molecule has 0 aromatic heterocycles. The molecule has 1 heterocycles. The summed E-state index contributed by atoms with van der Waals surface area (Å²) < 4.78 is 39.2. The van der Waals surface area contributed by atoms with Crippen LogP contribution in [0, 0.1) is 17.5 Å². The van der Waals surface area contributed by atoms with Gasteiger partial charge >= 0.3 is 0 Å². The number of carbonyl (C=O) groups excluding carboxylic acids is 1. The maximum atomic E-state index is 13.2. The van der Waals surface area contributed by atoms with Crippen molar-refractivity contribution in [3.63, 3.8) is 0 Å². The molecule has 110 valence electrons. The lowest BCUT2D eigenvalue weighted by Crippen LogP contribution is -2.37. The van der Waals surface area contributed by atoms with Gasteiger partial charge in [-0.15, -0.1) is 0 Å². The predicted molar refractivity (Wildman–Crippen MR) is 66.7 cm³/mol. The summed E-state index contributed by atoms with van der Waals surface area (Å²) in [7, 11) is 0. The van der Waals surface area contributed by atoms with E-state index in [0.29, 0.717) is 25.1 Å². The number of rotatable bonds is 3. The number of hydrogen-bond acceptors (Lipinski definition) is 2. The third-order valence-electron chi connectivity index (χ3n) is 3.48. The number of nitrogens with zero attached hydrogens (tertiary/aromatic N) is 1. The molecule has 1 aliphatic heterocycles. The van der Waals surface area contributed by atoms with Crippen LogP contribution in [0.15, 0.2) is 12.1 Å². The smallest absolute Gasteiger partial charge is 0.254 e. The topological polar surface area (TPSA) is 40.5 Å². The highest BCUT2D eigenvalue weighted by molar-refractivity contribution is 5.94. The van der Waals surface area contributed by atoms with Gasteiger partial charge in [-0.2, -0.15) is 0 Å². The molecular weight excluding hydrogens is 271 g/mol. The van der Waals surface area contributed by atoms with Crippen LogP contribution in [0.4, 0.5) is 13.2 Å². The Bertz CT molecular complexity index is 496. The van der Waals surface area contributed by atoms with Gasteiger partial charge < -0.3 is 10.0 Å². The molecule has 1 fully saturated rings. The Morgan fingerprint density at radius 2 is 2.00 bits per heavy atom.